The van der Waals surface area contributed by atoms with Crippen molar-refractivity contribution in [2.75, 3.05) is 13.2 Å². The van der Waals surface area contributed by atoms with Crippen LogP contribution in [0.3, 0.4) is 0 Å². The fourth-order valence-corrected chi connectivity index (χ4v) is 7.27. The molecule has 0 radical (unpaired) electrons. The van der Waals surface area contributed by atoms with Crippen LogP contribution >= 0.6 is 0 Å². The first-order valence-corrected chi connectivity index (χ1v) is 10.0. The monoisotopic (exact) mass is 330 g/mol. The third kappa shape index (κ3) is 2.00. The predicted molar refractivity (Wildman–Crippen MR) is 91.3 cm³/mol. The van der Waals surface area contributed by atoms with Crippen LogP contribution in [-0.4, -0.2) is 24.8 Å². The van der Waals surface area contributed by atoms with Crippen LogP contribution < -0.4 is 0 Å². The highest BCUT2D eigenvalue weighted by atomic mass is 16.7. The van der Waals surface area contributed by atoms with Crippen LogP contribution in [0.4, 0.5) is 0 Å². The summed E-state index contributed by atoms with van der Waals surface area (Å²) in [6.07, 6.45) is 10.1. The quantitative estimate of drug-likeness (QED) is 0.627. The second kappa shape index (κ2) is 5.17. The molecule has 5 aliphatic rings. The van der Waals surface area contributed by atoms with Crippen molar-refractivity contribution in [3.8, 4) is 0 Å². The van der Waals surface area contributed by atoms with E-state index < -0.39 is 0 Å². The zero-order valence-corrected chi connectivity index (χ0v) is 15.1. The SMILES string of the molecule is CC1CC(=O)C2(C)CCC3C4CCC5(CC4=CCC3C12)OCCO5. The average molecular weight is 330 g/mol. The average Bonchev–Trinajstić information content (AvgIpc) is 3.10. The second-order valence-corrected chi connectivity index (χ2v) is 9.36. The highest BCUT2D eigenvalue weighted by Crippen LogP contribution is 2.62. The minimum atomic E-state index is -0.297. The number of allylic oxidation sites excluding steroid dienone is 1. The number of hydrogen-bond donors (Lipinski definition) is 0. The molecule has 0 aromatic carbocycles. The Balaban J connectivity index is 1.44. The largest absolute Gasteiger partial charge is 0.347 e. The number of Topliss-reactive ketones (excluding diaryl/α,β-unsaturated/α-hetero) is 1. The molecular formula is C21H30O3. The lowest BCUT2D eigenvalue weighted by Gasteiger charge is -2.53. The topological polar surface area (TPSA) is 35.5 Å². The van der Waals surface area contributed by atoms with Gasteiger partial charge in [0.25, 0.3) is 0 Å². The molecule has 1 aliphatic heterocycles. The lowest BCUT2D eigenvalue weighted by Crippen LogP contribution is -2.49. The molecular weight excluding hydrogens is 300 g/mol. The standard InChI is InChI=1S/C21H30O3/c1-13-11-18(22)20(2)7-5-16-15-6-8-21(23-9-10-24-21)12-14(15)3-4-17(16)19(13)20/h3,13,15-17,19H,4-12H2,1-2H3. The molecule has 3 heteroatoms. The molecule has 6 unspecified atom stereocenters. The van der Waals surface area contributed by atoms with Gasteiger partial charge in [0.15, 0.2) is 5.79 Å². The Kier molecular flexibility index (Phi) is 3.35. The summed E-state index contributed by atoms with van der Waals surface area (Å²) in [5.41, 5.74) is 1.57. The fourth-order valence-electron chi connectivity index (χ4n) is 7.27. The van der Waals surface area contributed by atoms with E-state index in [9.17, 15) is 4.79 Å². The zero-order chi connectivity index (χ0) is 16.5. The van der Waals surface area contributed by atoms with Gasteiger partial charge in [-0.05, 0) is 55.3 Å². The Morgan fingerprint density at radius 1 is 1.12 bits per heavy atom. The van der Waals surface area contributed by atoms with Crippen LogP contribution in [0.5, 0.6) is 0 Å². The van der Waals surface area contributed by atoms with Crippen LogP contribution in [0.1, 0.15) is 58.8 Å². The molecule has 1 saturated heterocycles. The molecule has 3 nitrogen and oxygen atoms in total. The molecule has 0 aromatic rings. The minimum Gasteiger partial charge on any atom is -0.347 e. The Bertz CT molecular complexity index is 588. The van der Waals surface area contributed by atoms with Crippen molar-refractivity contribution in [2.24, 2.45) is 35.0 Å². The van der Waals surface area contributed by atoms with E-state index in [0.29, 0.717) is 17.6 Å². The van der Waals surface area contributed by atoms with Crippen molar-refractivity contribution in [3.05, 3.63) is 11.6 Å². The van der Waals surface area contributed by atoms with Gasteiger partial charge in [-0.15, -0.1) is 0 Å². The molecule has 1 heterocycles. The van der Waals surface area contributed by atoms with E-state index in [2.05, 4.69) is 19.9 Å². The Morgan fingerprint density at radius 3 is 2.71 bits per heavy atom. The molecule has 6 atom stereocenters. The second-order valence-electron chi connectivity index (χ2n) is 9.36. The van der Waals surface area contributed by atoms with Crippen molar-refractivity contribution >= 4 is 5.78 Å². The van der Waals surface area contributed by atoms with Crippen LogP contribution in [0, 0.1) is 35.0 Å². The van der Waals surface area contributed by atoms with Gasteiger partial charge < -0.3 is 9.47 Å². The Labute approximate surface area is 145 Å². The van der Waals surface area contributed by atoms with E-state index in [-0.39, 0.29) is 11.2 Å². The molecule has 4 aliphatic carbocycles. The fraction of sp³-hybridized carbons (Fsp3) is 0.857. The van der Waals surface area contributed by atoms with Gasteiger partial charge >= 0.3 is 0 Å². The maximum atomic E-state index is 12.6. The number of carbonyl (C=O) groups is 1. The van der Waals surface area contributed by atoms with Crippen molar-refractivity contribution < 1.29 is 14.3 Å². The molecule has 24 heavy (non-hydrogen) atoms. The molecule has 5 rings (SSSR count). The summed E-state index contributed by atoms with van der Waals surface area (Å²) >= 11 is 0. The van der Waals surface area contributed by atoms with E-state index in [0.717, 1.165) is 56.7 Å². The summed E-state index contributed by atoms with van der Waals surface area (Å²) in [6.45, 7) is 6.11. The minimum absolute atomic E-state index is 0.0283. The molecule has 0 N–H and O–H groups in total. The van der Waals surface area contributed by atoms with Gasteiger partial charge in [-0.1, -0.05) is 25.5 Å². The molecule has 0 aromatic heterocycles. The predicted octanol–water partition coefficient (Wildman–Crippen LogP) is 4.12. The number of carbonyl (C=O) groups excluding carboxylic acids is 1. The highest BCUT2D eigenvalue weighted by molar-refractivity contribution is 5.87. The van der Waals surface area contributed by atoms with Crippen LogP contribution in [0.15, 0.2) is 11.6 Å². The van der Waals surface area contributed by atoms with Gasteiger partial charge in [-0.25, -0.2) is 0 Å². The smallest absolute Gasteiger partial charge is 0.172 e. The van der Waals surface area contributed by atoms with Gasteiger partial charge in [-0.2, -0.15) is 0 Å². The van der Waals surface area contributed by atoms with Crippen LogP contribution in [0.2, 0.25) is 0 Å². The van der Waals surface area contributed by atoms with E-state index in [1.54, 1.807) is 5.57 Å². The van der Waals surface area contributed by atoms with E-state index in [1.807, 2.05) is 0 Å². The zero-order valence-electron chi connectivity index (χ0n) is 15.1. The molecule has 4 fully saturated rings. The molecule has 3 saturated carbocycles. The Hall–Kier alpha value is -0.670. The number of ether oxygens (including phenoxy) is 2. The summed E-state index contributed by atoms with van der Waals surface area (Å²) < 4.78 is 12.0. The first-order chi connectivity index (χ1) is 11.5. The normalized spacial score (nSPS) is 49.5. The number of ketones is 1. The lowest BCUT2D eigenvalue weighted by atomic mass is 9.52. The lowest BCUT2D eigenvalue weighted by molar-refractivity contribution is -0.176. The molecule has 0 amide bonds. The van der Waals surface area contributed by atoms with Crippen molar-refractivity contribution in [1.29, 1.82) is 0 Å². The van der Waals surface area contributed by atoms with E-state index >= 15 is 0 Å². The van der Waals surface area contributed by atoms with Crippen molar-refractivity contribution in [3.63, 3.8) is 0 Å². The number of fused-ring (bicyclic) bond motifs is 5. The van der Waals surface area contributed by atoms with Crippen LogP contribution in [-0.2, 0) is 14.3 Å². The van der Waals surface area contributed by atoms with E-state index in [4.69, 9.17) is 9.47 Å². The van der Waals surface area contributed by atoms with Gasteiger partial charge in [0, 0.05) is 24.7 Å². The van der Waals surface area contributed by atoms with E-state index in [1.165, 1.54) is 19.3 Å². The van der Waals surface area contributed by atoms with Gasteiger partial charge in [0.2, 0.25) is 0 Å². The van der Waals surface area contributed by atoms with Gasteiger partial charge in [0.1, 0.15) is 5.78 Å². The summed E-state index contributed by atoms with van der Waals surface area (Å²) in [4.78, 5) is 12.6. The summed E-state index contributed by atoms with van der Waals surface area (Å²) in [7, 11) is 0. The molecule has 0 bridgehead atoms. The third-order valence-electron chi connectivity index (χ3n) is 8.27. The maximum Gasteiger partial charge on any atom is 0.172 e. The maximum absolute atomic E-state index is 12.6. The number of rotatable bonds is 0. The Morgan fingerprint density at radius 2 is 1.92 bits per heavy atom. The first kappa shape index (κ1) is 15.6. The highest BCUT2D eigenvalue weighted by Gasteiger charge is 2.59. The summed E-state index contributed by atoms with van der Waals surface area (Å²) in [6, 6.07) is 0. The van der Waals surface area contributed by atoms with Crippen molar-refractivity contribution in [2.45, 2.75) is 64.6 Å². The molecule has 132 valence electrons. The molecule has 1 spiro atoms. The number of hydrogen-bond acceptors (Lipinski definition) is 3. The third-order valence-corrected chi connectivity index (χ3v) is 8.27. The first-order valence-electron chi connectivity index (χ1n) is 10.0. The van der Waals surface area contributed by atoms with Crippen molar-refractivity contribution in [1.82, 2.24) is 0 Å². The summed E-state index contributed by atoms with van der Waals surface area (Å²) in [5, 5.41) is 0. The summed E-state index contributed by atoms with van der Waals surface area (Å²) in [5.74, 6) is 3.65. The van der Waals surface area contributed by atoms with Crippen LogP contribution in [0.25, 0.3) is 0 Å². The van der Waals surface area contributed by atoms with Gasteiger partial charge in [0.05, 0.1) is 13.2 Å². The van der Waals surface area contributed by atoms with Gasteiger partial charge in [-0.3, -0.25) is 4.79 Å².